The van der Waals surface area contributed by atoms with E-state index in [4.69, 9.17) is 0 Å². The van der Waals surface area contributed by atoms with E-state index < -0.39 is 0 Å². The molecule has 2 nitrogen and oxygen atoms in total. The average Bonchev–Trinajstić information content (AvgIpc) is 2.63. The standard InChI is InChI=1S/C21H19NOS/c1-16(24-18-12-6-3-7-13-18)21(23)22-20-15-9-8-14-19(20)17-10-4-2-5-11-17/h2-16H,1H3,(H,22,23)/t16-/m1/s1. The average molecular weight is 333 g/mol. The number of rotatable bonds is 5. The third kappa shape index (κ3) is 4.06. The Kier molecular flexibility index (Phi) is 5.34. The van der Waals surface area contributed by atoms with Gasteiger partial charge in [0.25, 0.3) is 0 Å². The Bertz CT molecular complexity index is 802. The maximum absolute atomic E-state index is 12.6. The highest BCUT2D eigenvalue weighted by Gasteiger charge is 2.16. The number of anilines is 1. The van der Waals surface area contributed by atoms with Crippen molar-refractivity contribution in [1.29, 1.82) is 0 Å². The van der Waals surface area contributed by atoms with Gasteiger partial charge in [0.15, 0.2) is 0 Å². The van der Waals surface area contributed by atoms with Gasteiger partial charge in [-0.15, -0.1) is 11.8 Å². The molecule has 0 aliphatic heterocycles. The molecule has 1 N–H and O–H groups in total. The Labute approximate surface area is 146 Å². The first kappa shape index (κ1) is 16.3. The van der Waals surface area contributed by atoms with E-state index in [9.17, 15) is 4.79 Å². The van der Waals surface area contributed by atoms with Crippen molar-refractivity contribution < 1.29 is 4.79 Å². The predicted octanol–water partition coefficient (Wildman–Crippen LogP) is 5.47. The maximum Gasteiger partial charge on any atom is 0.237 e. The molecule has 0 saturated heterocycles. The third-order valence-electron chi connectivity index (χ3n) is 3.70. The van der Waals surface area contributed by atoms with E-state index >= 15 is 0 Å². The van der Waals surface area contributed by atoms with Crippen LogP contribution in [0, 0.1) is 0 Å². The molecule has 3 heteroatoms. The highest BCUT2D eigenvalue weighted by Crippen LogP contribution is 2.29. The van der Waals surface area contributed by atoms with E-state index in [-0.39, 0.29) is 11.2 Å². The second kappa shape index (κ2) is 7.84. The monoisotopic (exact) mass is 333 g/mol. The molecule has 1 atom stereocenters. The normalized spacial score (nSPS) is 11.7. The fourth-order valence-corrected chi connectivity index (χ4v) is 3.34. The van der Waals surface area contributed by atoms with E-state index in [1.165, 1.54) is 0 Å². The number of benzene rings is 3. The molecule has 24 heavy (non-hydrogen) atoms. The summed E-state index contributed by atoms with van der Waals surface area (Å²) in [6.45, 7) is 1.93. The van der Waals surface area contributed by atoms with Crippen LogP contribution in [0.4, 0.5) is 5.69 Å². The minimum Gasteiger partial charge on any atom is -0.325 e. The van der Waals surface area contributed by atoms with Crippen molar-refractivity contribution in [2.24, 2.45) is 0 Å². The number of hydrogen-bond donors (Lipinski definition) is 1. The van der Waals surface area contributed by atoms with Crippen molar-refractivity contribution in [1.82, 2.24) is 0 Å². The minimum absolute atomic E-state index is 0.00670. The Morgan fingerprint density at radius 2 is 1.42 bits per heavy atom. The SMILES string of the molecule is C[C@@H](Sc1ccccc1)C(=O)Nc1ccccc1-c1ccccc1. The zero-order chi connectivity index (χ0) is 16.8. The molecule has 0 aliphatic carbocycles. The molecule has 3 rings (SSSR count). The van der Waals surface area contributed by atoms with Gasteiger partial charge in [-0.2, -0.15) is 0 Å². The summed E-state index contributed by atoms with van der Waals surface area (Å²) < 4.78 is 0. The number of hydrogen-bond acceptors (Lipinski definition) is 2. The number of amides is 1. The van der Waals surface area contributed by atoms with Gasteiger partial charge in [-0.05, 0) is 30.7 Å². The van der Waals surface area contributed by atoms with Crippen molar-refractivity contribution in [3.63, 3.8) is 0 Å². The number of carbonyl (C=O) groups is 1. The molecule has 0 fully saturated rings. The van der Waals surface area contributed by atoms with Crippen LogP contribution in [0.25, 0.3) is 11.1 Å². The Balaban J connectivity index is 1.75. The van der Waals surface area contributed by atoms with Crippen LogP contribution in [0.2, 0.25) is 0 Å². The molecule has 1 amide bonds. The molecule has 3 aromatic carbocycles. The molecule has 0 heterocycles. The quantitative estimate of drug-likeness (QED) is 0.627. The van der Waals surface area contributed by atoms with Gasteiger partial charge in [-0.25, -0.2) is 0 Å². The predicted molar refractivity (Wildman–Crippen MR) is 102 cm³/mol. The lowest BCUT2D eigenvalue weighted by Gasteiger charge is -2.15. The van der Waals surface area contributed by atoms with Gasteiger partial charge >= 0.3 is 0 Å². The molecule has 0 saturated carbocycles. The number of nitrogens with one attached hydrogen (secondary N) is 1. The first-order valence-electron chi connectivity index (χ1n) is 7.91. The summed E-state index contributed by atoms with van der Waals surface area (Å²) in [7, 11) is 0. The zero-order valence-corrected chi connectivity index (χ0v) is 14.3. The van der Waals surface area contributed by atoms with Gasteiger partial charge < -0.3 is 5.32 Å². The van der Waals surface area contributed by atoms with Gasteiger partial charge in [0, 0.05) is 16.1 Å². The number of para-hydroxylation sites is 1. The zero-order valence-electron chi connectivity index (χ0n) is 13.5. The molecule has 0 bridgehead atoms. The van der Waals surface area contributed by atoms with Crippen LogP contribution in [0.5, 0.6) is 0 Å². The van der Waals surface area contributed by atoms with Gasteiger partial charge in [0.05, 0.1) is 5.25 Å². The van der Waals surface area contributed by atoms with E-state index in [0.29, 0.717) is 0 Å². The van der Waals surface area contributed by atoms with Crippen LogP contribution in [0.1, 0.15) is 6.92 Å². The molecule has 0 aromatic heterocycles. The van der Waals surface area contributed by atoms with Crippen LogP contribution in [0.3, 0.4) is 0 Å². The smallest absolute Gasteiger partial charge is 0.237 e. The number of thioether (sulfide) groups is 1. The second-order valence-corrected chi connectivity index (χ2v) is 6.89. The van der Waals surface area contributed by atoms with Crippen molar-refractivity contribution >= 4 is 23.4 Å². The fourth-order valence-electron chi connectivity index (χ4n) is 2.45. The molecule has 0 unspecified atom stereocenters. The van der Waals surface area contributed by atoms with Crippen LogP contribution >= 0.6 is 11.8 Å². The highest BCUT2D eigenvalue weighted by molar-refractivity contribution is 8.00. The molecule has 0 radical (unpaired) electrons. The summed E-state index contributed by atoms with van der Waals surface area (Å²) in [4.78, 5) is 13.7. The van der Waals surface area contributed by atoms with Crippen molar-refractivity contribution in [3.8, 4) is 11.1 Å². The van der Waals surface area contributed by atoms with Crippen molar-refractivity contribution in [3.05, 3.63) is 84.9 Å². The first-order valence-corrected chi connectivity index (χ1v) is 8.79. The van der Waals surface area contributed by atoms with Gasteiger partial charge in [0.2, 0.25) is 5.91 Å². The molecule has 0 aliphatic rings. The van der Waals surface area contributed by atoms with Crippen molar-refractivity contribution in [2.75, 3.05) is 5.32 Å². The second-order valence-electron chi connectivity index (χ2n) is 5.47. The highest BCUT2D eigenvalue weighted by atomic mass is 32.2. The van der Waals surface area contributed by atoms with E-state index in [1.807, 2.05) is 91.9 Å². The first-order chi connectivity index (χ1) is 11.7. The Morgan fingerprint density at radius 3 is 2.12 bits per heavy atom. The number of carbonyl (C=O) groups excluding carboxylic acids is 1. The lowest BCUT2D eigenvalue weighted by atomic mass is 10.0. The molecular formula is C21H19NOS. The Hall–Kier alpha value is -2.52. The van der Waals surface area contributed by atoms with Gasteiger partial charge in [-0.1, -0.05) is 66.7 Å². The summed E-state index contributed by atoms with van der Waals surface area (Å²) in [5.41, 5.74) is 2.97. The maximum atomic E-state index is 12.6. The van der Waals surface area contributed by atoms with Crippen molar-refractivity contribution in [2.45, 2.75) is 17.1 Å². The van der Waals surface area contributed by atoms with E-state index in [1.54, 1.807) is 11.8 Å². The van der Waals surface area contributed by atoms with Crippen LogP contribution < -0.4 is 5.32 Å². The molecular weight excluding hydrogens is 314 g/mol. The topological polar surface area (TPSA) is 29.1 Å². The lowest BCUT2D eigenvalue weighted by molar-refractivity contribution is -0.115. The Morgan fingerprint density at radius 1 is 0.833 bits per heavy atom. The third-order valence-corrected chi connectivity index (χ3v) is 4.81. The van der Waals surface area contributed by atoms with Crippen LogP contribution in [0.15, 0.2) is 89.8 Å². The molecule has 0 spiro atoms. The fraction of sp³-hybridized carbons (Fsp3) is 0.0952. The molecule has 120 valence electrons. The largest absolute Gasteiger partial charge is 0.325 e. The summed E-state index contributed by atoms with van der Waals surface area (Å²) in [5.74, 6) is 0.00670. The van der Waals surface area contributed by atoms with Gasteiger partial charge in [0.1, 0.15) is 0 Å². The van der Waals surface area contributed by atoms with E-state index in [0.717, 1.165) is 21.7 Å². The molecule has 3 aromatic rings. The van der Waals surface area contributed by atoms with Crippen LogP contribution in [-0.2, 0) is 4.79 Å². The van der Waals surface area contributed by atoms with Gasteiger partial charge in [-0.3, -0.25) is 4.79 Å². The summed E-state index contributed by atoms with van der Waals surface area (Å²) in [5, 5.41) is 2.90. The summed E-state index contributed by atoms with van der Waals surface area (Å²) >= 11 is 1.56. The van der Waals surface area contributed by atoms with E-state index in [2.05, 4.69) is 5.32 Å². The summed E-state index contributed by atoms with van der Waals surface area (Å²) in [6, 6.07) is 28.0. The lowest BCUT2D eigenvalue weighted by Crippen LogP contribution is -2.22. The summed E-state index contributed by atoms with van der Waals surface area (Å²) in [6.07, 6.45) is 0. The minimum atomic E-state index is -0.170. The van der Waals surface area contributed by atoms with Crippen LogP contribution in [-0.4, -0.2) is 11.2 Å².